The third-order valence-electron chi connectivity index (χ3n) is 3.84. The summed E-state index contributed by atoms with van der Waals surface area (Å²) in [5, 5.41) is 3.34. The Bertz CT molecular complexity index is 534. The van der Waals surface area contributed by atoms with Crippen molar-refractivity contribution in [3.8, 4) is 0 Å². The van der Waals surface area contributed by atoms with Crippen LogP contribution in [0.2, 0.25) is 0 Å². The molecule has 112 valence electrons. The summed E-state index contributed by atoms with van der Waals surface area (Å²) < 4.78 is 25.3. The Morgan fingerprint density at radius 2 is 1.70 bits per heavy atom. The summed E-state index contributed by atoms with van der Waals surface area (Å²) in [4.78, 5) is 2.75. The molecule has 1 aliphatic heterocycles. The number of rotatable bonds is 4. The molecule has 1 saturated heterocycles. The van der Waals surface area contributed by atoms with E-state index >= 15 is 0 Å². The fourth-order valence-corrected chi connectivity index (χ4v) is 3.31. The smallest absolute Gasteiger partial charge is 0.242 e. The Labute approximate surface area is 121 Å². The monoisotopic (exact) mass is 297 g/mol. The molecule has 0 radical (unpaired) electrons. The number of sulfonamides is 1. The van der Waals surface area contributed by atoms with Gasteiger partial charge in [-0.25, -0.2) is 12.7 Å². The molecule has 5 nitrogen and oxygen atoms in total. The lowest BCUT2D eigenvalue weighted by atomic mass is 10.1. The number of piperazine rings is 1. The van der Waals surface area contributed by atoms with Crippen molar-refractivity contribution in [1.29, 1.82) is 0 Å². The molecule has 0 bridgehead atoms. The van der Waals surface area contributed by atoms with Gasteiger partial charge >= 0.3 is 0 Å². The van der Waals surface area contributed by atoms with E-state index in [1.807, 2.05) is 12.1 Å². The number of hydrogen-bond acceptors (Lipinski definition) is 4. The largest absolute Gasteiger partial charge is 0.314 e. The highest BCUT2D eigenvalue weighted by atomic mass is 32.2. The fraction of sp³-hybridized carbons (Fsp3) is 0.571. The third kappa shape index (κ3) is 3.20. The maximum atomic E-state index is 12.0. The van der Waals surface area contributed by atoms with Crippen LogP contribution in [0.3, 0.4) is 0 Å². The molecule has 1 N–H and O–H groups in total. The highest BCUT2D eigenvalue weighted by Crippen LogP contribution is 2.22. The van der Waals surface area contributed by atoms with Crippen molar-refractivity contribution in [1.82, 2.24) is 14.5 Å². The molecule has 1 aromatic carbocycles. The molecule has 2 rings (SSSR count). The standard InChI is InChI=1S/C14H23N3O2S/c1-12(17-10-8-15-9-11-17)13-4-6-14(7-5-13)20(18,19)16(2)3/h4-7,12,15H,8-11H2,1-3H3. The van der Waals surface area contributed by atoms with Gasteiger partial charge in [-0.1, -0.05) is 12.1 Å². The highest BCUT2D eigenvalue weighted by molar-refractivity contribution is 7.89. The summed E-state index contributed by atoms with van der Waals surface area (Å²) in [7, 11) is -0.238. The van der Waals surface area contributed by atoms with Crippen molar-refractivity contribution in [3.63, 3.8) is 0 Å². The van der Waals surface area contributed by atoms with Gasteiger partial charge in [-0.3, -0.25) is 4.90 Å². The van der Waals surface area contributed by atoms with Crippen LogP contribution in [0.4, 0.5) is 0 Å². The Hall–Kier alpha value is -0.950. The molecule has 1 unspecified atom stereocenters. The molecule has 6 heteroatoms. The number of hydrogen-bond donors (Lipinski definition) is 1. The predicted molar refractivity (Wildman–Crippen MR) is 80.2 cm³/mol. The van der Waals surface area contributed by atoms with E-state index in [0.29, 0.717) is 10.9 Å². The minimum atomic E-state index is -3.33. The van der Waals surface area contributed by atoms with E-state index in [4.69, 9.17) is 0 Å². The zero-order valence-corrected chi connectivity index (χ0v) is 13.2. The first kappa shape index (κ1) is 15.4. The van der Waals surface area contributed by atoms with E-state index < -0.39 is 10.0 Å². The number of nitrogens with one attached hydrogen (secondary N) is 1. The Morgan fingerprint density at radius 1 is 1.15 bits per heavy atom. The summed E-state index contributed by atoms with van der Waals surface area (Å²) in [6.45, 7) is 6.24. The molecule has 1 aromatic rings. The van der Waals surface area contributed by atoms with Gasteiger partial charge in [-0.2, -0.15) is 0 Å². The molecule has 20 heavy (non-hydrogen) atoms. The van der Waals surface area contributed by atoms with Crippen LogP contribution in [0, 0.1) is 0 Å². The summed E-state index contributed by atoms with van der Waals surface area (Å²) in [5.74, 6) is 0. The number of nitrogens with zero attached hydrogens (tertiary/aromatic N) is 2. The third-order valence-corrected chi connectivity index (χ3v) is 5.67. The SMILES string of the molecule is CC(c1ccc(S(=O)(=O)N(C)C)cc1)N1CCNCC1. The van der Waals surface area contributed by atoms with Gasteiger partial charge in [-0.15, -0.1) is 0 Å². The quantitative estimate of drug-likeness (QED) is 0.897. The van der Waals surface area contributed by atoms with Crippen LogP contribution in [0.15, 0.2) is 29.2 Å². The van der Waals surface area contributed by atoms with Crippen molar-refractivity contribution in [2.45, 2.75) is 17.9 Å². The summed E-state index contributed by atoms with van der Waals surface area (Å²) >= 11 is 0. The first-order valence-electron chi connectivity index (χ1n) is 6.90. The highest BCUT2D eigenvalue weighted by Gasteiger charge is 2.20. The first-order chi connectivity index (χ1) is 9.43. The minimum Gasteiger partial charge on any atom is -0.314 e. The van der Waals surface area contributed by atoms with Gasteiger partial charge in [0.1, 0.15) is 0 Å². The van der Waals surface area contributed by atoms with Gasteiger partial charge in [0, 0.05) is 46.3 Å². The average Bonchev–Trinajstić information content (AvgIpc) is 2.47. The molecule has 1 aliphatic rings. The minimum absolute atomic E-state index is 0.313. The first-order valence-corrected chi connectivity index (χ1v) is 8.34. The Kier molecular flexibility index (Phi) is 4.80. The molecule has 1 fully saturated rings. The van der Waals surface area contributed by atoms with Crippen LogP contribution < -0.4 is 5.32 Å². The van der Waals surface area contributed by atoms with Crippen LogP contribution in [0.1, 0.15) is 18.5 Å². The molecule has 1 heterocycles. The van der Waals surface area contributed by atoms with Crippen molar-refractivity contribution in [3.05, 3.63) is 29.8 Å². The Morgan fingerprint density at radius 3 is 2.20 bits per heavy atom. The van der Waals surface area contributed by atoms with E-state index in [2.05, 4.69) is 17.1 Å². The molecule has 0 saturated carbocycles. The van der Waals surface area contributed by atoms with E-state index in [0.717, 1.165) is 31.7 Å². The Balaban J connectivity index is 2.15. The second-order valence-corrected chi connectivity index (χ2v) is 7.47. The fourth-order valence-electron chi connectivity index (χ4n) is 2.41. The van der Waals surface area contributed by atoms with E-state index in [1.54, 1.807) is 26.2 Å². The second kappa shape index (κ2) is 6.22. The lowest BCUT2D eigenvalue weighted by Crippen LogP contribution is -2.44. The summed E-state index contributed by atoms with van der Waals surface area (Å²) in [6.07, 6.45) is 0. The molecular formula is C14H23N3O2S. The molecule has 0 amide bonds. The van der Waals surface area contributed by atoms with Crippen molar-refractivity contribution < 1.29 is 8.42 Å². The number of benzene rings is 1. The predicted octanol–water partition coefficient (Wildman–Crippen LogP) is 0.903. The lowest BCUT2D eigenvalue weighted by molar-refractivity contribution is 0.185. The van der Waals surface area contributed by atoms with Crippen LogP contribution in [-0.4, -0.2) is 57.9 Å². The van der Waals surface area contributed by atoms with Gasteiger partial charge in [0.25, 0.3) is 0 Å². The van der Waals surface area contributed by atoms with E-state index in [9.17, 15) is 8.42 Å². The van der Waals surface area contributed by atoms with Gasteiger partial charge < -0.3 is 5.32 Å². The van der Waals surface area contributed by atoms with Crippen LogP contribution in [0.25, 0.3) is 0 Å². The molecular weight excluding hydrogens is 274 g/mol. The zero-order valence-electron chi connectivity index (χ0n) is 12.3. The molecule has 0 spiro atoms. The maximum absolute atomic E-state index is 12.0. The van der Waals surface area contributed by atoms with Crippen molar-refractivity contribution in [2.75, 3.05) is 40.3 Å². The summed E-state index contributed by atoms with van der Waals surface area (Å²) in [5.41, 5.74) is 1.16. The van der Waals surface area contributed by atoms with Crippen LogP contribution in [-0.2, 0) is 10.0 Å². The zero-order chi connectivity index (χ0) is 14.8. The maximum Gasteiger partial charge on any atom is 0.242 e. The van der Waals surface area contributed by atoms with E-state index in [1.165, 1.54) is 4.31 Å². The van der Waals surface area contributed by atoms with Gasteiger partial charge in [-0.05, 0) is 24.6 Å². The van der Waals surface area contributed by atoms with Gasteiger partial charge in [0.15, 0.2) is 0 Å². The normalized spacial score (nSPS) is 19.2. The van der Waals surface area contributed by atoms with E-state index in [-0.39, 0.29) is 0 Å². The molecule has 0 aromatic heterocycles. The topological polar surface area (TPSA) is 52.7 Å². The van der Waals surface area contributed by atoms with Crippen molar-refractivity contribution in [2.24, 2.45) is 0 Å². The second-order valence-electron chi connectivity index (χ2n) is 5.32. The van der Waals surface area contributed by atoms with Gasteiger partial charge in [0.05, 0.1) is 4.90 Å². The average molecular weight is 297 g/mol. The van der Waals surface area contributed by atoms with Crippen LogP contribution >= 0.6 is 0 Å². The molecule has 0 aliphatic carbocycles. The van der Waals surface area contributed by atoms with Crippen LogP contribution in [0.5, 0.6) is 0 Å². The lowest BCUT2D eigenvalue weighted by Gasteiger charge is -2.33. The van der Waals surface area contributed by atoms with Gasteiger partial charge in [0.2, 0.25) is 10.0 Å². The van der Waals surface area contributed by atoms with Crippen molar-refractivity contribution >= 4 is 10.0 Å². The summed E-state index contributed by atoms with van der Waals surface area (Å²) in [6, 6.07) is 7.55. The molecule has 1 atom stereocenters.